The summed E-state index contributed by atoms with van der Waals surface area (Å²) in [7, 11) is 0. The van der Waals surface area contributed by atoms with Crippen molar-refractivity contribution in [1.82, 2.24) is 5.32 Å². The molecule has 1 amide bonds. The predicted octanol–water partition coefficient (Wildman–Crippen LogP) is 2.73. The van der Waals surface area contributed by atoms with Gasteiger partial charge in [0.05, 0.1) is 11.6 Å². The zero-order valence-electron chi connectivity index (χ0n) is 9.31. The van der Waals surface area contributed by atoms with Crippen molar-refractivity contribution in [2.24, 2.45) is 0 Å². The van der Waals surface area contributed by atoms with Gasteiger partial charge >= 0.3 is 0 Å². The third kappa shape index (κ3) is 2.90. The molecule has 2 aromatic rings. The molecule has 0 atom stereocenters. The van der Waals surface area contributed by atoms with Gasteiger partial charge in [0.1, 0.15) is 0 Å². The first-order valence-electron chi connectivity index (χ1n) is 5.21. The lowest BCUT2D eigenvalue weighted by atomic mass is 10.1. The molecule has 0 unspecified atom stereocenters. The molecule has 0 saturated carbocycles. The number of hydrogen-bond acceptors (Lipinski definition) is 3. The third-order valence-electron chi connectivity index (χ3n) is 2.31. The fraction of sp³-hybridized carbons (Fsp3) is 0.0769. The molecule has 5 heteroatoms. The predicted molar refractivity (Wildman–Crippen MR) is 66.0 cm³/mol. The van der Waals surface area contributed by atoms with Crippen LogP contribution in [0.4, 0.5) is 0 Å². The van der Waals surface area contributed by atoms with Gasteiger partial charge in [0.15, 0.2) is 11.0 Å². The van der Waals surface area contributed by atoms with E-state index in [9.17, 15) is 4.79 Å². The second-order valence-corrected chi connectivity index (χ2v) is 3.97. The van der Waals surface area contributed by atoms with E-state index in [0.717, 1.165) is 5.56 Å². The Kier molecular flexibility index (Phi) is 3.66. The Morgan fingerprint density at radius 1 is 1.39 bits per heavy atom. The van der Waals surface area contributed by atoms with E-state index in [1.54, 1.807) is 18.2 Å². The SMILES string of the molecule is N#Cc1cccc(CNC(=O)c2ccc(Cl)o2)c1. The van der Waals surface area contributed by atoms with Gasteiger partial charge in [0.25, 0.3) is 5.91 Å². The van der Waals surface area contributed by atoms with Gasteiger partial charge in [-0.1, -0.05) is 12.1 Å². The van der Waals surface area contributed by atoms with Gasteiger partial charge in [-0.15, -0.1) is 0 Å². The normalized spacial score (nSPS) is 9.78. The Balaban J connectivity index is 1.99. The first-order chi connectivity index (χ1) is 8.69. The maximum Gasteiger partial charge on any atom is 0.287 e. The number of benzene rings is 1. The highest BCUT2D eigenvalue weighted by Gasteiger charge is 2.09. The van der Waals surface area contributed by atoms with Crippen LogP contribution in [0.15, 0.2) is 40.8 Å². The van der Waals surface area contributed by atoms with Gasteiger partial charge in [-0.3, -0.25) is 4.79 Å². The van der Waals surface area contributed by atoms with E-state index < -0.39 is 0 Å². The highest BCUT2D eigenvalue weighted by atomic mass is 35.5. The molecule has 90 valence electrons. The molecule has 1 heterocycles. The summed E-state index contributed by atoms with van der Waals surface area (Å²) >= 11 is 5.58. The zero-order valence-corrected chi connectivity index (χ0v) is 10.1. The summed E-state index contributed by atoms with van der Waals surface area (Å²) in [5.74, 6) is -0.180. The van der Waals surface area contributed by atoms with Gasteiger partial charge in [0.2, 0.25) is 0 Å². The van der Waals surface area contributed by atoms with Crippen LogP contribution in [0.5, 0.6) is 0 Å². The van der Waals surface area contributed by atoms with E-state index in [1.807, 2.05) is 12.1 Å². The van der Waals surface area contributed by atoms with Gasteiger partial charge in [-0.2, -0.15) is 5.26 Å². The number of nitrogens with zero attached hydrogens (tertiary/aromatic N) is 1. The van der Waals surface area contributed by atoms with Crippen LogP contribution in [0.3, 0.4) is 0 Å². The van der Waals surface area contributed by atoms with Crippen LogP contribution < -0.4 is 5.32 Å². The van der Waals surface area contributed by atoms with Crippen molar-refractivity contribution in [1.29, 1.82) is 5.26 Å². The Morgan fingerprint density at radius 2 is 2.22 bits per heavy atom. The van der Waals surface area contributed by atoms with E-state index in [-0.39, 0.29) is 16.9 Å². The molecule has 2 rings (SSSR count). The Bertz CT molecular complexity index is 613. The fourth-order valence-corrected chi connectivity index (χ4v) is 1.60. The van der Waals surface area contributed by atoms with Crippen LogP contribution in [0, 0.1) is 11.3 Å². The molecule has 0 aliphatic carbocycles. The van der Waals surface area contributed by atoms with Crippen molar-refractivity contribution < 1.29 is 9.21 Å². The standard InChI is InChI=1S/C13H9ClN2O2/c14-12-5-4-11(18-12)13(17)16-8-10-3-1-2-9(6-10)7-15/h1-6H,8H2,(H,16,17). The number of nitrogens with one attached hydrogen (secondary N) is 1. The summed E-state index contributed by atoms with van der Waals surface area (Å²) in [4.78, 5) is 11.7. The fourth-order valence-electron chi connectivity index (χ4n) is 1.46. The average Bonchev–Trinajstić information content (AvgIpc) is 2.83. The average molecular weight is 261 g/mol. The number of carbonyl (C=O) groups excluding carboxylic acids is 1. The molecular weight excluding hydrogens is 252 g/mol. The lowest BCUT2D eigenvalue weighted by molar-refractivity contribution is 0.0923. The lowest BCUT2D eigenvalue weighted by Crippen LogP contribution is -2.22. The number of rotatable bonds is 3. The second kappa shape index (κ2) is 5.39. The van der Waals surface area contributed by atoms with Gasteiger partial charge in [-0.25, -0.2) is 0 Å². The minimum absolute atomic E-state index is 0.163. The molecule has 1 aromatic heterocycles. The lowest BCUT2D eigenvalue weighted by Gasteiger charge is -2.03. The maximum atomic E-state index is 11.7. The van der Waals surface area contributed by atoms with Crippen molar-refractivity contribution in [2.75, 3.05) is 0 Å². The minimum Gasteiger partial charge on any atom is -0.440 e. The molecule has 4 nitrogen and oxygen atoms in total. The van der Waals surface area contributed by atoms with Crippen molar-refractivity contribution in [2.45, 2.75) is 6.54 Å². The number of nitriles is 1. The summed E-state index contributed by atoms with van der Waals surface area (Å²) in [6.07, 6.45) is 0. The smallest absolute Gasteiger partial charge is 0.287 e. The number of amides is 1. The Labute approximate surface area is 109 Å². The molecule has 1 aromatic carbocycles. The highest BCUT2D eigenvalue weighted by Crippen LogP contribution is 2.13. The van der Waals surface area contributed by atoms with E-state index in [0.29, 0.717) is 12.1 Å². The number of furan rings is 1. The first-order valence-corrected chi connectivity index (χ1v) is 5.59. The molecule has 0 aliphatic rings. The molecule has 0 spiro atoms. The van der Waals surface area contributed by atoms with Crippen molar-refractivity contribution in [3.05, 3.63) is 58.5 Å². The van der Waals surface area contributed by atoms with Gasteiger partial charge in [-0.05, 0) is 41.4 Å². The molecule has 0 saturated heterocycles. The molecular formula is C13H9ClN2O2. The van der Waals surface area contributed by atoms with Crippen LogP contribution in [0.2, 0.25) is 5.22 Å². The van der Waals surface area contributed by atoms with Crippen LogP contribution in [-0.4, -0.2) is 5.91 Å². The van der Waals surface area contributed by atoms with E-state index in [1.165, 1.54) is 12.1 Å². The number of halogens is 1. The molecule has 0 bridgehead atoms. The van der Waals surface area contributed by atoms with Gasteiger partial charge < -0.3 is 9.73 Å². The van der Waals surface area contributed by atoms with Crippen LogP contribution in [0.25, 0.3) is 0 Å². The zero-order chi connectivity index (χ0) is 13.0. The van der Waals surface area contributed by atoms with Crippen molar-refractivity contribution in [3.63, 3.8) is 0 Å². The minimum atomic E-state index is -0.343. The van der Waals surface area contributed by atoms with Crippen LogP contribution in [-0.2, 0) is 6.54 Å². The first kappa shape index (κ1) is 12.2. The van der Waals surface area contributed by atoms with E-state index in [2.05, 4.69) is 5.32 Å². The molecule has 18 heavy (non-hydrogen) atoms. The maximum absolute atomic E-state index is 11.7. The Hall–Kier alpha value is -2.25. The van der Waals surface area contributed by atoms with E-state index in [4.69, 9.17) is 21.3 Å². The quantitative estimate of drug-likeness (QED) is 0.923. The van der Waals surface area contributed by atoms with Crippen molar-refractivity contribution >= 4 is 17.5 Å². The van der Waals surface area contributed by atoms with Gasteiger partial charge in [0, 0.05) is 6.54 Å². The summed E-state index contributed by atoms with van der Waals surface area (Å²) in [6.45, 7) is 0.326. The largest absolute Gasteiger partial charge is 0.440 e. The summed E-state index contributed by atoms with van der Waals surface area (Å²) < 4.78 is 4.98. The molecule has 0 radical (unpaired) electrons. The summed E-state index contributed by atoms with van der Waals surface area (Å²) in [5, 5.41) is 11.6. The summed E-state index contributed by atoms with van der Waals surface area (Å²) in [6, 6.07) is 12.1. The molecule has 0 aliphatic heterocycles. The third-order valence-corrected chi connectivity index (χ3v) is 2.51. The number of carbonyl (C=O) groups is 1. The van der Waals surface area contributed by atoms with E-state index >= 15 is 0 Å². The van der Waals surface area contributed by atoms with Crippen molar-refractivity contribution in [3.8, 4) is 6.07 Å². The monoisotopic (exact) mass is 260 g/mol. The second-order valence-electron chi connectivity index (χ2n) is 3.60. The Morgan fingerprint density at radius 3 is 2.89 bits per heavy atom. The molecule has 1 N–H and O–H groups in total. The molecule has 0 fully saturated rings. The topological polar surface area (TPSA) is 66.0 Å². The van der Waals surface area contributed by atoms with Crippen LogP contribution in [0.1, 0.15) is 21.7 Å². The number of hydrogen-bond donors (Lipinski definition) is 1. The highest BCUT2D eigenvalue weighted by molar-refractivity contribution is 6.29. The van der Waals surface area contributed by atoms with Crippen LogP contribution >= 0.6 is 11.6 Å². The summed E-state index contributed by atoms with van der Waals surface area (Å²) in [5.41, 5.74) is 1.41.